The van der Waals surface area contributed by atoms with Crippen LogP contribution in [0.25, 0.3) is 0 Å². The number of aromatic nitrogens is 3. The molecule has 0 saturated heterocycles. The van der Waals surface area contributed by atoms with Crippen LogP contribution < -0.4 is 10.6 Å². The van der Waals surface area contributed by atoms with Gasteiger partial charge in [-0.05, 0) is 55.5 Å². The van der Waals surface area contributed by atoms with Crippen molar-refractivity contribution < 1.29 is 19.5 Å². The Balaban J connectivity index is 1.63. The van der Waals surface area contributed by atoms with Gasteiger partial charge in [0.2, 0.25) is 5.91 Å². The Kier molecular flexibility index (Phi) is 8.44. The van der Waals surface area contributed by atoms with E-state index in [0.717, 1.165) is 0 Å². The summed E-state index contributed by atoms with van der Waals surface area (Å²) >= 11 is 7.06. The lowest BCUT2D eigenvalue weighted by Gasteiger charge is -2.15. The SMILES string of the molecule is C=CCn1c(SCC(=O)Nc2ccc(C(=O)O)cc2)nnc1[C@H](C)NC(=O)c1ccc(Cl)cc1. The molecule has 0 saturated carbocycles. The number of allylic oxidation sites excluding steroid dienone is 1. The highest BCUT2D eigenvalue weighted by Gasteiger charge is 2.20. The molecule has 2 aromatic carbocycles. The van der Waals surface area contributed by atoms with E-state index in [9.17, 15) is 14.4 Å². The van der Waals surface area contributed by atoms with Gasteiger partial charge in [0, 0.05) is 22.8 Å². The average Bonchev–Trinajstić information content (AvgIpc) is 3.21. The van der Waals surface area contributed by atoms with Crippen LogP contribution in [0, 0.1) is 0 Å². The van der Waals surface area contributed by atoms with Crippen LogP contribution in [0.2, 0.25) is 5.02 Å². The second kappa shape index (κ2) is 11.5. The molecule has 3 rings (SSSR count). The molecular weight excluding hydrogens is 478 g/mol. The molecule has 1 atom stereocenters. The highest BCUT2D eigenvalue weighted by molar-refractivity contribution is 7.99. The topological polar surface area (TPSA) is 126 Å². The monoisotopic (exact) mass is 499 g/mol. The molecule has 11 heteroatoms. The molecule has 0 unspecified atom stereocenters. The average molecular weight is 500 g/mol. The molecule has 9 nitrogen and oxygen atoms in total. The summed E-state index contributed by atoms with van der Waals surface area (Å²) in [5.41, 5.74) is 1.09. The summed E-state index contributed by atoms with van der Waals surface area (Å²) < 4.78 is 1.78. The molecule has 0 aliphatic carbocycles. The maximum atomic E-state index is 12.5. The van der Waals surface area contributed by atoms with Crippen molar-refractivity contribution in [3.05, 3.63) is 83.2 Å². The van der Waals surface area contributed by atoms with E-state index >= 15 is 0 Å². The minimum absolute atomic E-state index is 0.0570. The molecule has 34 heavy (non-hydrogen) atoms. The zero-order chi connectivity index (χ0) is 24.7. The minimum atomic E-state index is -1.04. The summed E-state index contributed by atoms with van der Waals surface area (Å²) in [6.07, 6.45) is 1.68. The number of aromatic carboxylic acids is 1. The number of nitrogens with zero attached hydrogens (tertiary/aromatic N) is 3. The molecule has 3 aromatic rings. The molecule has 2 amide bonds. The number of carboxylic acids is 1. The van der Waals surface area contributed by atoms with Crippen molar-refractivity contribution in [2.75, 3.05) is 11.1 Å². The minimum Gasteiger partial charge on any atom is -0.478 e. The molecule has 3 N–H and O–H groups in total. The summed E-state index contributed by atoms with van der Waals surface area (Å²) in [6, 6.07) is 12.0. The molecule has 0 spiro atoms. The van der Waals surface area contributed by atoms with E-state index < -0.39 is 12.0 Å². The molecule has 0 aliphatic rings. The lowest BCUT2D eigenvalue weighted by molar-refractivity contribution is -0.113. The third-order valence-corrected chi connectivity index (χ3v) is 5.87. The number of carbonyl (C=O) groups is 3. The van der Waals surface area contributed by atoms with Crippen LogP contribution in [0.1, 0.15) is 39.5 Å². The maximum Gasteiger partial charge on any atom is 0.335 e. The number of carboxylic acid groups (broad SMARTS) is 1. The van der Waals surface area contributed by atoms with E-state index in [1.165, 1.54) is 36.0 Å². The van der Waals surface area contributed by atoms with Crippen molar-refractivity contribution in [3.63, 3.8) is 0 Å². The van der Waals surface area contributed by atoms with E-state index in [1.54, 1.807) is 41.8 Å². The molecule has 1 heterocycles. The predicted octanol–water partition coefficient (Wildman–Crippen LogP) is 4.04. The zero-order valence-corrected chi connectivity index (χ0v) is 19.8. The lowest BCUT2D eigenvalue weighted by Crippen LogP contribution is -2.28. The number of carbonyl (C=O) groups excluding carboxylic acids is 2. The summed E-state index contributed by atoms with van der Waals surface area (Å²) in [4.78, 5) is 35.8. The Labute approximate surface area is 205 Å². The lowest BCUT2D eigenvalue weighted by atomic mass is 10.2. The van der Waals surface area contributed by atoms with Crippen LogP contribution in [-0.4, -0.2) is 43.4 Å². The summed E-state index contributed by atoms with van der Waals surface area (Å²) in [5, 5.41) is 24.0. The predicted molar refractivity (Wildman–Crippen MR) is 130 cm³/mol. The zero-order valence-electron chi connectivity index (χ0n) is 18.2. The van der Waals surface area contributed by atoms with Crippen molar-refractivity contribution in [2.24, 2.45) is 0 Å². The number of hydrogen-bond acceptors (Lipinski definition) is 6. The smallest absolute Gasteiger partial charge is 0.335 e. The number of nitrogens with one attached hydrogen (secondary N) is 2. The first-order chi connectivity index (χ1) is 16.3. The first-order valence-electron chi connectivity index (χ1n) is 10.1. The molecule has 0 fully saturated rings. The van der Waals surface area contributed by atoms with Crippen molar-refractivity contribution in [2.45, 2.75) is 24.7 Å². The number of benzene rings is 2. The summed E-state index contributed by atoms with van der Waals surface area (Å²) in [6.45, 7) is 5.94. The van der Waals surface area contributed by atoms with Gasteiger partial charge < -0.3 is 20.3 Å². The fourth-order valence-electron chi connectivity index (χ4n) is 3.00. The molecule has 0 bridgehead atoms. The van der Waals surface area contributed by atoms with Gasteiger partial charge >= 0.3 is 5.97 Å². The Morgan fingerprint density at radius 2 is 1.76 bits per heavy atom. The Hall–Kier alpha value is -3.63. The Morgan fingerprint density at radius 1 is 1.12 bits per heavy atom. The number of amides is 2. The van der Waals surface area contributed by atoms with E-state index in [1.807, 2.05) is 0 Å². The van der Waals surface area contributed by atoms with Crippen LogP contribution in [0.3, 0.4) is 0 Å². The van der Waals surface area contributed by atoms with Gasteiger partial charge in [-0.2, -0.15) is 0 Å². The van der Waals surface area contributed by atoms with Gasteiger partial charge in [0.05, 0.1) is 17.4 Å². The van der Waals surface area contributed by atoms with Crippen molar-refractivity contribution in [3.8, 4) is 0 Å². The first-order valence-corrected chi connectivity index (χ1v) is 11.5. The first kappa shape index (κ1) is 25.0. The number of halogens is 1. The fraction of sp³-hybridized carbons (Fsp3) is 0.174. The quantitative estimate of drug-likeness (QED) is 0.284. The van der Waals surface area contributed by atoms with Gasteiger partial charge in [-0.15, -0.1) is 16.8 Å². The van der Waals surface area contributed by atoms with E-state index in [0.29, 0.717) is 33.8 Å². The Morgan fingerprint density at radius 3 is 2.38 bits per heavy atom. The van der Waals surface area contributed by atoms with E-state index in [2.05, 4.69) is 27.4 Å². The standard InChI is InChI=1S/C23H22ClN5O4S/c1-3-12-29-20(14(2)25-21(31)15-4-8-17(24)9-5-15)27-28-23(29)34-13-19(30)26-18-10-6-16(7-11-18)22(32)33/h3-11,14H,1,12-13H2,2H3,(H,25,31)(H,26,30)(H,32,33)/t14-/m0/s1. The third kappa shape index (κ3) is 6.46. The van der Waals surface area contributed by atoms with Crippen molar-refractivity contribution in [1.29, 1.82) is 0 Å². The van der Waals surface area contributed by atoms with Gasteiger partial charge in [-0.3, -0.25) is 9.59 Å². The summed E-state index contributed by atoms with van der Waals surface area (Å²) in [5.74, 6) is -1.02. The fourth-order valence-corrected chi connectivity index (χ4v) is 3.88. The second-order valence-corrected chi connectivity index (χ2v) is 8.54. The van der Waals surface area contributed by atoms with E-state index in [-0.39, 0.29) is 23.1 Å². The Bertz CT molecular complexity index is 1200. The van der Waals surface area contributed by atoms with Crippen LogP contribution in [0.5, 0.6) is 0 Å². The largest absolute Gasteiger partial charge is 0.478 e. The number of hydrogen-bond donors (Lipinski definition) is 3. The molecule has 0 radical (unpaired) electrons. The van der Waals surface area contributed by atoms with E-state index in [4.69, 9.17) is 16.7 Å². The van der Waals surface area contributed by atoms with Gasteiger partial charge in [-0.1, -0.05) is 29.4 Å². The number of anilines is 1. The van der Waals surface area contributed by atoms with Crippen molar-refractivity contribution in [1.82, 2.24) is 20.1 Å². The summed E-state index contributed by atoms with van der Waals surface area (Å²) in [7, 11) is 0. The highest BCUT2D eigenvalue weighted by atomic mass is 35.5. The normalized spacial score (nSPS) is 11.5. The molecular formula is C23H22ClN5O4S. The van der Waals surface area contributed by atoms with Gasteiger partial charge in [0.1, 0.15) is 0 Å². The van der Waals surface area contributed by atoms with Crippen LogP contribution in [0.15, 0.2) is 66.3 Å². The molecule has 0 aliphatic heterocycles. The van der Waals surface area contributed by atoms with Crippen molar-refractivity contribution >= 4 is 46.8 Å². The number of thioether (sulfide) groups is 1. The van der Waals surface area contributed by atoms with Crippen LogP contribution >= 0.6 is 23.4 Å². The van der Waals surface area contributed by atoms with Gasteiger partial charge in [0.25, 0.3) is 5.91 Å². The third-order valence-electron chi connectivity index (χ3n) is 4.65. The maximum absolute atomic E-state index is 12.5. The molecule has 176 valence electrons. The molecule has 1 aromatic heterocycles. The van der Waals surface area contributed by atoms with Crippen LogP contribution in [0.4, 0.5) is 5.69 Å². The number of rotatable bonds is 10. The van der Waals surface area contributed by atoms with Gasteiger partial charge in [-0.25, -0.2) is 4.79 Å². The highest BCUT2D eigenvalue weighted by Crippen LogP contribution is 2.22. The van der Waals surface area contributed by atoms with Gasteiger partial charge in [0.15, 0.2) is 11.0 Å². The van der Waals surface area contributed by atoms with Crippen LogP contribution in [-0.2, 0) is 11.3 Å². The second-order valence-electron chi connectivity index (χ2n) is 7.16.